The highest BCUT2D eigenvalue weighted by molar-refractivity contribution is 7.99. The van der Waals surface area contributed by atoms with Gasteiger partial charge < -0.3 is 5.32 Å². The minimum atomic E-state index is -0.420. The second kappa shape index (κ2) is 8.69. The molecule has 0 aromatic heterocycles. The zero-order valence-corrected chi connectivity index (χ0v) is 13.8. The minimum absolute atomic E-state index is 0.0726. The molecule has 24 heavy (non-hydrogen) atoms. The van der Waals surface area contributed by atoms with Gasteiger partial charge in [-0.25, -0.2) is 0 Å². The lowest BCUT2D eigenvalue weighted by molar-refractivity contribution is -0.384. The molecule has 2 aromatic carbocycles. The van der Waals surface area contributed by atoms with Gasteiger partial charge in [0.15, 0.2) is 0 Å². The lowest BCUT2D eigenvalue weighted by Crippen LogP contribution is -2.07. The fourth-order valence-electron chi connectivity index (χ4n) is 1.82. The average molecular weight is 340 g/mol. The first kappa shape index (κ1) is 17.5. The fourth-order valence-corrected chi connectivity index (χ4v) is 2.63. The third kappa shape index (κ3) is 5.40. The van der Waals surface area contributed by atoms with Crippen LogP contribution in [-0.2, 0) is 4.79 Å². The Bertz CT molecular complexity index is 766. The summed E-state index contributed by atoms with van der Waals surface area (Å²) in [6.45, 7) is 1.88. The number of nitro benzene ring substituents is 1. The second-order valence-electron chi connectivity index (χ2n) is 4.75. The lowest BCUT2D eigenvalue weighted by atomic mass is 10.3. The van der Waals surface area contributed by atoms with Gasteiger partial charge in [0.05, 0.1) is 4.92 Å². The highest BCUT2D eigenvalue weighted by Gasteiger charge is 2.05. The molecule has 0 aliphatic rings. The zero-order chi connectivity index (χ0) is 17.4. The number of non-ortho nitro benzene ring substituents is 1. The Morgan fingerprint density at radius 2 is 1.62 bits per heavy atom. The number of allylic oxidation sites excluding steroid dienone is 3. The van der Waals surface area contributed by atoms with Crippen molar-refractivity contribution in [3.8, 4) is 0 Å². The van der Waals surface area contributed by atoms with Crippen LogP contribution in [-0.4, -0.2) is 10.8 Å². The van der Waals surface area contributed by atoms with Crippen LogP contribution in [0, 0.1) is 10.1 Å². The normalized spacial score (nSPS) is 11.0. The van der Waals surface area contributed by atoms with Crippen molar-refractivity contribution >= 4 is 29.0 Å². The highest BCUT2D eigenvalue weighted by atomic mass is 32.2. The smallest absolute Gasteiger partial charge is 0.269 e. The van der Waals surface area contributed by atoms with E-state index in [4.69, 9.17) is 0 Å². The molecule has 0 atom stereocenters. The number of hydrogen-bond donors (Lipinski definition) is 1. The third-order valence-electron chi connectivity index (χ3n) is 2.96. The summed E-state index contributed by atoms with van der Waals surface area (Å²) >= 11 is 1.49. The molecule has 1 amide bonds. The Morgan fingerprint density at radius 1 is 1.04 bits per heavy atom. The highest BCUT2D eigenvalue weighted by Crippen LogP contribution is 2.29. The summed E-state index contributed by atoms with van der Waals surface area (Å²) in [5, 5.41) is 13.4. The van der Waals surface area contributed by atoms with Crippen LogP contribution in [0.3, 0.4) is 0 Å². The lowest BCUT2D eigenvalue weighted by Gasteiger charge is -2.05. The van der Waals surface area contributed by atoms with E-state index in [9.17, 15) is 14.9 Å². The number of amides is 1. The van der Waals surface area contributed by atoms with Crippen molar-refractivity contribution in [3.63, 3.8) is 0 Å². The second-order valence-corrected chi connectivity index (χ2v) is 5.90. The monoisotopic (exact) mass is 340 g/mol. The standard InChI is InChI=1S/C18H16N2O3S/c1-2-3-4-5-18(21)19-14-6-10-16(11-7-14)24-17-12-8-15(9-13-17)20(22)23/h2-13H,1H3,(H,19,21). The largest absolute Gasteiger partial charge is 0.323 e. The Balaban J connectivity index is 1.96. The maximum atomic E-state index is 11.7. The molecule has 0 saturated carbocycles. The van der Waals surface area contributed by atoms with Gasteiger partial charge in [0.25, 0.3) is 5.69 Å². The molecular weight excluding hydrogens is 324 g/mol. The fraction of sp³-hybridized carbons (Fsp3) is 0.0556. The van der Waals surface area contributed by atoms with E-state index in [-0.39, 0.29) is 11.6 Å². The number of nitrogens with one attached hydrogen (secondary N) is 1. The van der Waals surface area contributed by atoms with Gasteiger partial charge in [-0.2, -0.15) is 0 Å². The molecule has 0 fully saturated rings. The molecule has 0 heterocycles. The van der Waals surface area contributed by atoms with Gasteiger partial charge in [-0.3, -0.25) is 14.9 Å². The van der Waals surface area contributed by atoms with Crippen LogP contribution in [0.1, 0.15) is 6.92 Å². The Labute approximate surface area is 144 Å². The predicted molar refractivity (Wildman–Crippen MR) is 96.2 cm³/mol. The average Bonchev–Trinajstić information content (AvgIpc) is 2.57. The van der Waals surface area contributed by atoms with Crippen LogP contribution in [0.25, 0.3) is 0 Å². The molecule has 0 aliphatic carbocycles. The van der Waals surface area contributed by atoms with Crippen molar-refractivity contribution in [1.29, 1.82) is 0 Å². The van der Waals surface area contributed by atoms with E-state index in [0.717, 1.165) is 9.79 Å². The first-order valence-electron chi connectivity index (χ1n) is 7.21. The van der Waals surface area contributed by atoms with E-state index >= 15 is 0 Å². The molecule has 5 nitrogen and oxygen atoms in total. The van der Waals surface area contributed by atoms with Gasteiger partial charge in [-0.1, -0.05) is 30.0 Å². The van der Waals surface area contributed by atoms with Crippen LogP contribution in [0.2, 0.25) is 0 Å². The van der Waals surface area contributed by atoms with E-state index < -0.39 is 4.92 Å². The molecule has 0 bridgehead atoms. The predicted octanol–water partition coefficient (Wildman–Crippen LogP) is 4.82. The van der Waals surface area contributed by atoms with E-state index in [1.807, 2.05) is 37.3 Å². The van der Waals surface area contributed by atoms with Gasteiger partial charge in [0.1, 0.15) is 0 Å². The van der Waals surface area contributed by atoms with Gasteiger partial charge in [0.2, 0.25) is 5.91 Å². The van der Waals surface area contributed by atoms with Gasteiger partial charge in [-0.15, -0.1) is 0 Å². The zero-order valence-electron chi connectivity index (χ0n) is 13.0. The summed E-state index contributed by atoms with van der Waals surface area (Å²) < 4.78 is 0. The van der Waals surface area contributed by atoms with E-state index in [0.29, 0.717) is 5.69 Å². The molecule has 2 aromatic rings. The van der Waals surface area contributed by atoms with Gasteiger partial charge in [0, 0.05) is 33.7 Å². The molecule has 122 valence electrons. The van der Waals surface area contributed by atoms with E-state index in [1.54, 1.807) is 24.3 Å². The number of benzene rings is 2. The Morgan fingerprint density at radius 3 is 2.17 bits per heavy atom. The van der Waals surface area contributed by atoms with Crippen LogP contribution >= 0.6 is 11.8 Å². The molecular formula is C18H16N2O3S. The number of anilines is 1. The van der Waals surface area contributed by atoms with E-state index in [2.05, 4.69) is 5.32 Å². The van der Waals surface area contributed by atoms with Gasteiger partial charge in [-0.05, 0) is 43.3 Å². The summed E-state index contributed by atoms with van der Waals surface area (Å²) in [6.07, 6.45) is 6.76. The quantitative estimate of drug-likeness (QED) is 0.354. The maximum Gasteiger partial charge on any atom is 0.269 e. The number of hydrogen-bond acceptors (Lipinski definition) is 4. The first-order valence-corrected chi connectivity index (χ1v) is 8.03. The van der Waals surface area contributed by atoms with Crippen LogP contribution < -0.4 is 5.32 Å². The number of nitrogens with zero attached hydrogens (tertiary/aromatic N) is 1. The van der Waals surface area contributed by atoms with Crippen molar-refractivity contribution < 1.29 is 9.72 Å². The summed E-state index contributed by atoms with van der Waals surface area (Å²) in [5.41, 5.74) is 0.779. The Kier molecular flexibility index (Phi) is 6.33. The number of nitro groups is 1. The number of carbonyl (C=O) groups excluding carboxylic acids is 1. The van der Waals surface area contributed by atoms with Crippen molar-refractivity contribution in [2.24, 2.45) is 0 Å². The molecule has 0 radical (unpaired) electrons. The topological polar surface area (TPSA) is 72.2 Å². The van der Waals surface area contributed by atoms with Crippen LogP contribution in [0.4, 0.5) is 11.4 Å². The molecule has 0 spiro atoms. The van der Waals surface area contributed by atoms with E-state index in [1.165, 1.54) is 30.0 Å². The minimum Gasteiger partial charge on any atom is -0.323 e. The summed E-state index contributed by atoms with van der Waals surface area (Å²) in [5.74, 6) is -0.191. The maximum absolute atomic E-state index is 11.7. The molecule has 6 heteroatoms. The molecule has 1 N–H and O–H groups in total. The third-order valence-corrected chi connectivity index (χ3v) is 3.97. The SMILES string of the molecule is CC=CC=CC(=O)Nc1ccc(Sc2ccc([N+](=O)[O-])cc2)cc1. The number of carbonyl (C=O) groups is 1. The number of rotatable bonds is 6. The van der Waals surface area contributed by atoms with Crippen molar-refractivity contribution in [2.45, 2.75) is 16.7 Å². The van der Waals surface area contributed by atoms with Crippen LogP contribution in [0.15, 0.2) is 82.6 Å². The first-order chi connectivity index (χ1) is 11.6. The van der Waals surface area contributed by atoms with Crippen molar-refractivity contribution in [1.82, 2.24) is 0 Å². The van der Waals surface area contributed by atoms with Gasteiger partial charge >= 0.3 is 0 Å². The molecule has 2 rings (SSSR count). The van der Waals surface area contributed by atoms with Crippen LogP contribution in [0.5, 0.6) is 0 Å². The summed E-state index contributed by atoms with van der Waals surface area (Å²) in [4.78, 5) is 23.8. The van der Waals surface area contributed by atoms with Crippen molar-refractivity contribution in [3.05, 3.63) is 82.9 Å². The molecule has 0 unspecified atom stereocenters. The summed E-state index contributed by atoms with van der Waals surface area (Å²) in [6, 6.07) is 13.8. The molecule has 0 saturated heterocycles. The van der Waals surface area contributed by atoms with Crippen molar-refractivity contribution in [2.75, 3.05) is 5.32 Å². The summed E-state index contributed by atoms with van der Waals surface area (Å²) in [7, 11) is 0. The Hall–Kier alpha value is -2.86. The molecule has 0 aliphatic heterocycles.